The van der Waals surface area contributed by atoms with Crippen molar-refractivity contribution in [1.29, 1.82) is 0 Å². The summed E-state index contributed by atoms with van der Waals surface area (Å²) in [5.41, 5.74) is 2.05. The van der Waals surface area contributed by atoms with Crippen molar-refractivity contribution in [2.45, 2.75) is 19.3 Å². The van der Waals surface area contributed by atoms with Crippen molar-refractivity contribution >= 4 is 22.4 Å². The van der Waals surface area contributed by atoms with Gasteiger partial charge in [-0.05, 0) is 24.7 Å². The van der Waals surface area contributed by atoms with Crippen molar-refractivity contribution in [3.8, 4) is 0 Å². The first-order chi connectivity index (χ1) is 10.3. The molecule has 0 unspecified atom stereocenters. The topological polar surface area (TPSA) is 58.6 Å². The zero-order valence-corrected chi connectivity index (χ0v) is 12.8. The van der Waals surface area contributed by atoms with Crippen LogP contribution in [0.4, 0.5) is 5.13 Å². The highest BCUT2D eigenvalue weighted by molar-refractivity contribution is 7.13. The summed E-state index contributed by atoms with van der Waals surface area (Å²) in [7, 11) is 0. The molecule has 6 nitrogen and oxygen atoms in total. The van der Waals surface area contributed by atoms with Gasteiger partial charge < -0.3 is 14.5 Å². The molecule has 114 valence electrons. The van der Waals surface area contributed by atoms with Crippen LogP contribution >= 0.6 is 11.3 Å². The molecule has 0 bridgehead atoms. The Morgan fingerprint density at radius 1 is 1.29 bits per heavy atom. The van der Waals surface area contributed by atoms with Crippen molar-refractivity contribution in [3.63, 3.8) is 0 Å². The fourth-order valence-electron chi connectivity index (χ4n) is 3.70. The molecule has 3 fully saturated rings. The Morgan fingerprint density at radius 3 is 2.71 bits per heavy atom. The summed E-state index contributed by atoms with van der Waals surface area (Å²) in [4.78, 5) is 16.9. The van der Waals surface area contributed by atoms with E-state index in [1.165, 1.54) is 0 Å². The maximum atomic E-state index is 12.6. The van der Waals surface area contributed by atoms with E-state index in [0.29, 0.717) is 19.1 Å². The second-order valence-corrected chi connectivity index (χ2v) is 7.08. The third-order valence-electron chi connectivity index (χ3n) is 5.19. The lowest BCUT2D eigenvalue weighted by molar-refractivity contribution is -0.137. The van der Waals surface area contributed by atoms with Crippen LogP contribution in [0.5, 0.6) is 0 Å². The number of carbonyl (C=O) groups excluding carboxylic acids is 1. The van der Waals surface area contributed by atoms with Gasteiger partial charge in [-0.3, -0.25) is 4.79 Å². The molecule has 0 N–H and O–H groups in total. The summed E-state index contributed by atoms with van der Waals surface area (Å²) in [6.45, 7) is 4.92. The summed E-state index contributed by atoms with van der Waals surface area (Å²) in [5.74, 6) is 0.620. The number of anilines is 1. The number of hydrogen-bond acceptors (Lipinski definition) is 6. The van der Waals surface area contributed by atoms with Crippen LogP contribution in [0.15, 0.2) is 5.51 Å². The second-order valence-electron chi connectivity index (χ2n) is 6.27. The molecule has 1 amide bonds. The van der Waals surface area contributed by atoms with Crippen molar-refractivity contribution in [3.05, 3.63) is 5.51 Å². The maximum absolute atomic E-state index is 12.6. The number of morpholine rings is 1. The van der Waals surface area contributed by atoms with Crippen LogP contribution in [0.3, 0.4) is 0 Å². The van der Waals surface area contributed by atoms with E-state index in [1.54, 1.807) is 16.8 Å². The largest absolute Gasteiger partial charge is 0.378 e. The Kier molecular flexibility index (Phi) is 3.34. The fourth-order valence-corrected chi connectivity index (χ4v) is 4.32. The number of nitrogens with zero attached hydrogens (tertiary/aromatic N) is 4. The highest BCUT2D eigenvalue weighted by atomic mass is 32.1. The highest BCUT2D eigenvalue weighted by Crippen LogP contribution is 2.60. The van der Waals surface area contributed by atoms with Crippen LogP contribution in [0, 0.1) is 11.3 Å². The lowest BCUT2D eigenvalue weighted by Gasteiger charge is -2.33. The molecular weight excluding hydrogens is 288 g/mol. The SMILES string of the molecule is O=C([C@H]1CC12CCN(c1nncs1)CC2)N1CCOCC1. The van der Waals surface area contributed by atoms with Gasteiger partial charge in [0.05, 0.1) is 13.2 Å². The van der Waals surface area contributed by atoms with E-state index < -0.39 is 0 Å². The van der Waals surface area contributed by atoms with E-state index in [9.17, 15) is 4.79 Å². The first-order valence-electron chi connectivity index (χ1n) is 7.66. The number of rotatable bonds is 2. The van der Waals surface area contributed by atoms with Gasteiger partial charge in [-0.1, -0.05) is 11.3 Å². The molecule has 0 radical (unpaired) electrons. The van der Waals surface area contributed by atoms with Crippen LogP contribution in [0.2, 0.25) is 0 Å². The summed E-state index contributed by atoms with van der Waals surface area (Å²) in [6.07, 6.45) is 3.29. The third kappa shape index (κ3) is 2.42. The van der Waals surface area contributed by atoms with E-state index in [2.05, 4.69) is 15.1 Å². The van der Waals surface area contributed by atoms with E-state index in [1.807, 2.05) is 4.90 Å². The first-order valence-corrected chi connectivity index (χ1v) is 8.54. The molecule has 1 aliphatic carbocycles. The van der Waals surface area contributed by atoms with Crippen LogP contribution in [0.25, 0.3) is 0 Å². The van der Waals surface area contributed by atoms with Gasteiger partial charge in [-0.15, -0.1) is 10.2 Å². The van der Waals surface area contributed by atoms with Crippen LogP contribution in [-0.2, 0) is 9.53 Å². The van der Waals surface area contributed by atoms with Gasteiger partial charge in [0.15, 0.2) is 0 Å². The molecule has 3 aliphatic rings. The highest BCUT2D eigenvalue weighted by Gasteiger charge is 2.59. The lowest BCUT2D eigenvalue weighted by atomic mass is 9.90. The van der Waals surface area contributed by atoms with Gasteiger partial charge in [0.2, 0.25) is 11.0 Å². The molecule has 2 saturated heterocycles. The van der Waals surface area contributed by atoms with Crippen LogP contribution in [0.1, 0.15) is 19.3 Å². The van der Waals surface area contributed by atoms with Gasteiger partial charge in [-0.2, -0.15) is 0 Å². The molecule has 21 heavy (non-hydrogen) atoms. The monoisotopic (exact) mass is 308 g/mol. The average Bonchev–Trinajstić information content (AvgIpc) is 2.98. The minimum absolute atomic E-state index is 0.257. The Morgan fingerprint density at radius 2 is 2.05 bits per heavy atom. The van der Waals surface area contributed by atoms with Gasteiger partial charge in [0, 0.05) is 32.1 Å². The van der Waals surface area contributed by atoms with Crippen molar-refractivity contribution in [1.82, 2.24) is 15.1 Å². The standard InChI is InChI=1S/C14H20N4O2S/c19-12(17-5-7-20-8-6-17)11-9-14(11)1-3-18(4-2-14)13-16-15-10-21-13/h10-11H,1-9H2/t11-/m1/s1. The normalized spacial score (nSPS) is 27.9. The summed E-state index contributed by atoms with van der Waals surface area (Å²) in [5, 5.41) is 9.06. The fraction of sp³-hybridized carbons (Fsp3) is 0.786. The Bertz CT molecular complexity index is 507. The number of hydrogen-bond donors (Lipinski definition) is 0. The molecule has 2 aliphatic heterocycles. The van der Waals surface area contributed by atoms with E-state index in [-0.39, 0.29) is 11.3 Å². The predicted octanol–water partition coefficient (Wildman–Crippen LogP) is 1.00. The molecular formula is C14H20N4O2S. The van der Waals surface area contributed by atoms with E-state index >= 15 is 0 Å². The average molecular weight is 308 g/mol. The minimum atomic E-state index is 0.257. The molecule has 1 spiro atoms. The molecule has 1 aromatic heterocycles. The Hall–Kier alpha value is -1.21. The molecule has 1 atom stereocenters. The molecule has 4 rings (SSSR count). The van der Waals surface area contributed by atoms with Crippen molar-refractivity contribution in [2.24, 2.45) is 11.3 Å². The zero-order chi connectivity index (χ0) is 14.3. The number of aromatic nitrogens is 2. The van der Waals surface area contributed by atoms with E-state index in [4.69, 9.17) is 4.74 Å². The smallest absolute Gasteiger partial charge is 0.226 e. The zero-order valence-electron chi connectivity index (χ0n) is 12.0. The van der Waals surface area contributed by atoms with Crippen molar-refractivity contribution < 1.29 is 9.53 Å². The third-order valence-corrected chi connectivity index (χ3v) is 5.94. The summed E-state index contributed by atoms with van der Waals surface area (Å²) in [6, 6.07) is 0. The van der Waals surface area contributed by atoms with Crippen LogP contribution in [-0.4, -0.2) is 60.4 Å². The summed E-state index contributed by atoms with van der Waals surface area (Å²) < 4.78 is 5.33. The maximum Gasteiger partial charge on any atom is 0.226 e. The predicted molar refractivity (Wildman–Crippen MR) is 79.3 cm³/mol. The molecule has 0 aromatic carbocycles. The van der Waals surface area contributed by atoms with Crippen molar-refractivity contribution in [2.75, 3.05) is 44.3 Å². The number of ether oxygens (including phenoxy) is 1. The Balaban J connectivity index is 1.35. The number of amides is 1. The van der Waals surface area contributed by atoms with Gasteiger partial charge >= 0.3 is 0 Å². The number of piperidine rings is 1. The van der Waals surface area contributed by atoms with Gasteiger partial charge in [-0.25, -0.2) is 0 Å². The summed E-state index contributed by atoms with van der Waals surface area (Å²) >= 11 is 1.59. The minimum Gasteiger partial charge on any atom is -0.378 e. The number of carbonyl (C=O) groups is 1. The quantitative estimate of drug-likeness (QED) is 0.816. The van der Waals surface area contributed by atoms with Crippen LogP contribution < -0.4 is 4.90 Å². The molecule has 7 heteroatoms. The van der Waals surface area contributed by atoms with Gasteiger partial charge in [0.25, 0.3) is 0 Å². The first kappa shape index (κ1) is 13.5. The lowest BCUT2D eigenvalue weighted by Crippen LogP contribution is -2.43. The van der Waals surface area contributed by atoms with Gasteiger partial charge in [0.1, 0.15) is 5.51 Å². The molecule has 1 aromatic rings. The Labute approximate surface area is 128 Å². The van der Waals surface area contributed by atoms with E-state index in [0.717, 1.165) is 50.6 Å². The molecule has 1 saturated carbocycles. The molecule has 3 heterocycles. The second kappa shape index (κ2) is 5.21.